The molecule has 6 nitrogen and oxygen atoms in total. The van der Waals surface area contributed by atoms with E-state index in [1.54, 1.807) is 30.3 Å². The summed E-state index contributed by atoms with van der Waals surface area (Å²) in [5.74, 6) is -1.56. The van der Waals surface area contributed by atoms with Gasteiger partial charge in [-0.3, -0.25) is 0 Å². The molecule has 19 heavy (non-hydrogen) atoms. The maximum atomic E-state index is 11.8. The number of nitrogens with one attached hydrogen (secondary N) is 1. The van der Waals surface area contributed by atoms with Crippen molar-refractivity contribution in [3.63, 3.8) is 0 Å². The van der Waals surface area contributed by atoms with Gasteiger partial charge in [0.05, 0.1) is 12.4 Å². The second-order valence-electron chi connectivity index (χ2n) is 4.21. The van der Waals surface area contributed by atoms with Gasteiger partial charge >= 0.3 is 5.97 Å². The normalized spacial score (nSPS) is 14.8. The Labute approximate surface area is 112 Å². The van der Waals surface area contributed by atoms with Crippen LogP contribution in [0.1, 0.15) is 12.5 Å². The Balaban J connectivity index is 3.06. The van der Waals surface area contributed by atoms with Gasteiger partial charge < -0.3 is 9.84 Å². The van der Waals surface area contributed by atoms with Gasteiger partial charge in [0, 0.05) is 7.11 Å². The first-order valence-corrected chi connectivity index (χ1v) is 7.26. The van der Waals surface area contributed by atoms with Crippen molar-refractivity contribution < 1.29 is 23.1 Å². The van der Waals surface area contributed by atoms with Gasteiger partial charge in [0.25, 0.3) is 0 Å². The molecule has 0 fully saturated rings. The number of sulfonamides is 1. The number of hydrogen-bond acceptors (Lipinski definition) is 4. The fourth-order valence-corrected chi connectivity index (χ4v) is 2.87. The van der Waals surface area contributed by atoms with Crippen molar-refractivity contribution in [1.29, 1.82) is 0 Å². The first-order chi connectivity index (χ1) is 8.82. The van der Waals surface area contributed by atoms with E-state index in [9.17, 15) is 18.3 Å². The van der Waals surface area contributed by atoms with Gasteiger partial charge in [-0.15, -0.1) is 0 Å². The average Bonchev–Trinajstić information content (AvgIpc) is 2.36. The predicted octanol–water partition coefficient (Wildman–Crippen LogP) is 0.552. The molecule has 0 aliphatic heterocycles. The Hall–Kier alpha value is -1.44. The molecule has 106 valence electrons. The van der Waals surface area contributed by atoms with E-state index < -0.39 is 21.5 Å². The van der Waals surface area contributed by atoms with Crippen molar-refractivity contribution in [1.82, 2.24) is 4.72 Å². The van der Waals surface area contributed by atoms with E-state index in [0.717, 1.165) is 0 Å². The third-order valence-electron chi connectivity index (χ3n) is 2.69. The molecule has 0 amide bonds. The summed E-state index contributed by atoms with van der Waals surface area (Å²) in [6.07, 6.45) is 0. The summed E-state index contributed by atoms with van der Waals surface area (Å²) in [5.41, 5.74) is -1.34. The number of carbonyl (C=O) groups is 1. The van der Waals surface area contributed by atoms with Crippen LogP contribution in [-0.4, -0.2) is 39.0 Å². The molecule has 7 heteroatoms. The van der Waals surface area contributed by atoms with E-state index in [4.69, 9.17) is 4.74 Å². The number of benzene rings is 1. The van der Waals surface area contributed by atoms with Crippen LogP contribution in [0.25, 0.3) is 0 Å². The quantitative estimate of drug-likeness (QED) is 0.764. The molecule has 0 aliphatic carbocycles. The van der Waals surface area contributed by atoms with E-state index in [1.165, 1.54) is 14.0 Å². The van der Waals surface area contributed by atoms with Gasteiger partial charge in [0.2, 0.25) is 10.0 Å². The molecular weight excluding hydrogens is 270 g/mol. The number of rotatable bonds is 7. The summed E-state index contributed by atoms with van der Waals surface area (Å²) in [6, 6.07) is 8.16. The first kappa shape index (κ1) is 15.6. The molecular formula is C12H17NO5S. The number of ether oxygens (including phenoxy) is 1. The van der Waals surface area contributed by atoms with Crippen molar-refractivity contribution in [2.45, 2.75) is 12.5 Å². The zero-order chi connectivity index (χ0) is 14.5. The Bertz CT molecular complexity index is 528. The molecule has 0 aromatic heterocycles. The van der Waals surface area contributed by atoms with Crippen molar-refractivity contribution >= 4 is 16.0 Å². The molecule has 0 bridgehead atoms. The van der Waals surface area contributed by atoms with Crippen LogP contribution < -0.4 is 4.72 Å². The minimum absolute atomic E-state index is 0.000177. The molecule has 1 atom stereocenters. The molecule has 0 spiro atoms. The predicted molar refractivity (Wildman–Crippen MR) is 70.2 cm³/mol. The summed E-state index contributed by atoms with van der Waals surface area (Å²) >= 11 is 0. The maximum absolute atomic E-state index is 11.8. The molecule has 0 saturated heterocycles. The highest BCUT2D eigenvalue weighted by Gasteiger charge is 2.38. The molecule has 0 heterocycles. The molecule has 1 aromatic carbocycles. The van der Waals surface area contributed by atoms with Crippen LogP contribution in [0.15, 0.2) is 30.3 Å². The monoisotopic (exact) mass is 287 g/mol. The molecule has 0 saturated carbocycles. The van der Waals surface area contributed by atoms with Crippen LogP contribution in [0.2, 0.25) is 0 Å². The summed E-state index contributed by atoms with van der Waals surface area (Å²) in [7, 11) is -2.37. The van der Waals surface area contributed by atoms with E-state index >= 15 is 0 Å². The lowest BCUT2D eigenvalue weighted by Crippen LogP contribution is -2.50. The van der Waals surface area contributed by atoms with Gasteiger partial charge in [-0.05, 0) is 12.5 Å². The Morgan fingerprint density at radius 2 is 1.95 bits per heavy atom. The maximum Gasteiger partial charge on any atom is 0.329 e. The van der Waals surface area contributed by atoms with Gasteiger partial charge in [-0.25, -0.2) is 13.2 Å². The fourth-order valence-electron chi connectivity index (χ4n) is 1.55. The largest absolute Gasteiger partial charge is 0.480 e. The molecule has 1 unspecified atom stereocenters. The Morgan fingerprint density at radius 3 is 2.42 bits per heavy atom. The van der Waals surface area contributed by atoms with Gasteiger partial charge in [-0.2, -0.15) is 4.72 Å². The van der Waals surface area contributed by atoms with Gasteiger partial charge in [0.1, 0.15) is 0 Å². The van der Waals surface area contributed by atoms with Crippen LogP contribution >= 0.6 is 0 Å². The lowest BCUT2D eigenvalue weighted by Gasteiger charge is -2.26. The molecule has 1 aromatic rings. The standard InChI is InChI=1S/C12H17NO5S/c1-12(11(14)15,10-6-4-3-5-7-10)13-19(16,17)9-8-18-2/h3-7,13H,8-9H2,1-2H3,(H,14,15). The van der Waals surface area contributed by atoms with E-state index in [2.05, 4.69) is 4.72 Å². The molecule has 0 radical (unpaired) electrons. The number of carboxylic acids is 1. The number of carboxylic acid groups (broad SMARTS) is 1. The van der Waals surface area contributed by atoms with Crippen LogP contribution in [0.5, 0.6) is 0 Å². The number of aliphatic carboxylic acids is 1. The molecule has 0 aliphatic rings. The van der Waals surface area contributed by atoms with Crippen molar-refractivity contribution in [2.24, 2.45) is 0 Å². The van der Waals surface area contributed by atoms with Crippen molar-refractivity contribution in [3.8, 4) is 0 Å². The molecule has 1 rings (SSSR count). The minimum Gasteiger partial charge on any atom is -0.480 e. The van der Waals surface area contributed by atoms with E-state index in [-0.39, 0.29) is 12.4 Å². The summed E-state index contributed by atoms with van der Waals surface area (Å²) in [6.45, 7) is 1.31. The molecule has 2 N–H and O–H groups in total. The highest BCUT2D eigenvalue weighted by molar-refractivity contribution is 7.89. The average molecular weight is 287 g/mol. The zero-order valence-electron chi connectivity index (χ0n) is 10.8. The van der Waals surface area contributed by atoms with Crippen LogP contribution in [0.3, 0.4) is 0 Å². The lowest BCUT2D eigenvalue weighted by molar-refractivity contribution is -0.143. The third-order valence-corrected chi connectivity index (χ3v) is 4.12. The summed E-state index contributed by atoms with van der Waals surface area (Å²) in [4.78, 5) is 11.4. The smallest absolute Gasteiger partial charge is 0.329 e. The Kier molecular flexibility index (Phi) is 5.04. The lowest BCUT2D eigenvalue weighted by atomic mass is 9.94. The van der Waals surface area contributed by atoms with Gasteiger partial charge in [-0.1, -0.05) is 30.3 Å². The SMILES string of the molecule is COCCS(=O)(=O)NC(C)(C(=O)O)c1ccccc1. The minimum atomic E-state index is -3.75. The topological polar surface area (TPSA) is 92.7 Å². The van der Waals surface area contributed by atoms with Crippen LogP contribution in [0, 0.1) is 0 Å². The fraction of sp³-hybridized carbons (Fsp3) is 0.417. The first-order valence-electron chi connectivity index (χ1n) is 5.61. The van der Waals surface area contributed by atoms with Crippen molar-refractivity contribution in [2.75, 3.05) is 19.5 Å². The van der Waals surface area contributed by atoms with Crippen LogP contribution in [-0.2, 0) is 25.1 Å². The van der Waals surface area contributed by atoms with E-state index in [0.29, 0.717) is 5.56 Å². The van der Waals surface area contributed by atoms with E-state index in [1.807, 2.05) is 0 Å². The van der Waals surface area contributed by atoms with Crippen molar-refractivity contribution in [3.05, 3.63) is 35.9 Å². The Morgan fingerprint density at radius 1 is 1.37 bits per heavy atom. The second kappa shape index (κ2) is 6.14. The zero-order valence-corrected chi connectivity index (χ0v) is 11.6. The highest BCUT2D eigenvalue weighted by atomic mass is 32.2. The second-order valence-corrected chi connectivity index (χ2v) is 6.05. The number of methoxy groups -OCH3 is 1. The number of hydrogen-bond donors (Lipinski definition) is 2. The highest BCUT2D eigenvalue weighted by Crippen LogP contribution is 2.22. The van der Waals surface area contributed by atoms with Crippen LogP contribution in [0.4, 0.5) is 0 Å². The third kappa shape index (κ3) is 4.02. The summed E-state index contributed by atoms with van der Waals surface area (Å²) in [5, 5.41) is 9.32. The van der Waals surface area contributed by atoms with Gasteiger partial charge in [0.15, 0.2) is 5.54 Å². The summed E-state index contributed by atoms with van der Waals surface area (Å²) < 4.78 is 30.6.